The number of benzene rings is 1. The molecule has 2 aromatic rings. The summed E-state index contributed by atoms with van der Waals surface area (Å²) in [4.78, 5) is 4.26. The molecule has 14 heavy (non-hydrogen) atoms. The fraction of sp³-hybridized carbons (Fsp3) is 0.250. The molecule has 1 saturated carbocycles. The van der Waals surface area contributed by atoms with Gasteiger partial charge in [0.05, 0.1) is 5.52 Å². The van der Waals surface area contributed by atoms with Crippen molar-refractivity contribution in [1.82, 2.24) is 4.98 Å². The van der Waals surface area contributed by atoms with E-state index < -0.39 is 0 Å². The van der Waals surface area contributed by atoms with Gasteiger partial charge in [-0.25, -0.2) is 4.39 Å². The first-order chi connectivity index (χ1) is 6.86. The lowest BCUT2D eigenvalue weighted by Crippen LogP contribution is -1.91. The van der Waals surface area contributed by atoms with Crippen molar-refractivity contribution in [1.29, 1.82) is 0 Å². The molecule has 70 valence electrons. The molecule has 0 unspecified atom stereocenters. The van der Waals surface area contributed by atoms with Crippen molar-refractivity contribution in [2.45, 2.75) is 18.8 Å². The maximum absolute atomic E-state index is 13.6. The lowest BCUT2D eigenvalue weighted by Gasteiger charge is -2.04. The average Bonchev–Trinajstić information content (AvgIpc) is 3.01. The highest BCUT2D eigenvalue weighted by atomic mass is 19.1. The van der Waals surface area contributed by atoms with Gasteiger partial charge >= 0.3 is 0 Å². The van der Waals surface area contributed by atoms with Crippen molar-refractivity contribution in [3.8, 4) is 0 Å². The summed E-state index contributed by atoms with van der Waals surface area (Å²) in [6.07, 6.45) is 3.94. The van der Waals surface area contributed by atoms with Gasteiger partial charge in [-0.3, -0.25) is 4.98 Å². The molecule has 1 fully saturated rings. The fourth-order valence-electron chi connectivity index (χ4n) is 1.90. The van der Waals surface area contributed by atoms with Crippen LogP contribution in [-0.4, -0.2) is 4.98 Å². The van der Waals surface area contributed by atoms with E-state index in [0.29, 0.717) is 5.92 Å². The fourth-order valence-corrected chi connectivity index (χ4v) is 1.90. The van der Waals surface area contributed by atoms with Crippen molar-refractivity contribution in [3.63, 3.8) is 0 Å². The molecular formula is C12H10FN. The Morgan fingerprint density at radius 2 is 2.07 bits per heavy atom. The maximum atomic E-state index is 13.6. The summed E-state index contributed by atoms with van der Waals surface area (Å²) in [6.45, 7) is 0. The molecule has 0 aliphatic heterocycles. The van der Waals surface area contributed by atoms with Gasteiger partial charge in [-0.05, 0) is 37.0 Å². The van der Waals surface area contributed by atoms with Crippen LogP contribution in [0.25, 0.3) is 10.9 Å². The van der Waals surface area contributed by atoms with Gasteiger partial charge in [-0.1, -0.05) is 6.07 Å². The van der Waals surface area contributed by atoms with E-state index in [1.165, 1.54) is 0 Å². The molecule has 1 heterocycles. The van der Waals surface area contributed by atoms with Gasteiger partial charge in [0.2, 0.25) is 0 Å². The van der Waals surface area contributed by atoms with Gasteiger partial charge in [-0.2, -0.15) is 0 Å². The van der Waals surface area contributed by atoms with E-state index in [1.54, 1.807) is 18.3 Å². The van der Waals surface area contributed by atoms with Crippen LogP contribution in [0.1, 0.15) is 24.3 Å². The highest BCUT2D eigenvalue weighted by Gasteiger charge is 2.28. The van der Waals surface area contributed by atoms with E-state index in [2.05, 4.69) is 4.98 Å². The Morgan fingerprint density at radius 3 is 2.86 bits per heavy atom. The number of fused-ring (bicyclic) bond motifs is 1. The van der Waals surface area contributed by atoms with Crippen molar-refractivity contribution < 1.29 is 4.39 Å². The van der Waals surface area contributed by atoms with E-state index in [0.717, 1.165) is 29.3 Å². The zero-order valence-corrected chi connectivity index (χ0v) is 7.70. The average molecular weight is 187 g/mol. The van der Waals surface area contributed by atoms with Crippen LogP contribution in [0.2, 0.25) is 0 Å². The minimum absolute atomic E-state index is 0.0984. The second-order valence-electron chi connectivity index (χ2n) is 3.81. The SMILES string of the molecule is Fc1ccc2cccnc2c1C1CC1. The zero-order valence-electron chi connectivity index (χ0n) is 7.70. The molecule has 1 nitrogen and oxygen atoms in total. The molecule has 1 aliphatic rings. The van der Waals surface area contributed by atoms with Crippen molar-refractivity contribution >= 4 is 10.9 Å². The highest BCUT2D eigenvalue weighted by Crippen LogP contribution is 2.43. The largest absolute Gasteiger partial charge is 0.256 e. The van der Waals surface area contributed by atoms with Gasteiger partial charge in [0.1, 0.15) is 5.82 Å². The van der Waals surface area contributed by atoms with Crippen LogP contribution >= 0.6 is 0 Å². The monoisotopic (exact) mass is 187 g/mol. The van der Waals surface area contributed by atoms with Gasteiger partial charge in [-0.15, -0.1) is 0 Å². The number of rotatable bonds is 1. The van der Waals surface area contributed by atoms with Crippen LogP contribution in [0.5, 0.6) is 0 Å². The minimum Gasteiger partial charge on any atom is -0.256 e. The van der Waals surface area contributed by atoms with Crippen LogP contribution in [0.4, 0.5) is 4.39 Å². The number of nitrogens with zero attached hydrogens (tertiary/aromatic N) is 1. The van der Waals surface area contributed by atoms with Crippen molar-refractivity contribution in [3.05, 3.63) is 41.8 Å². The first-order valence-corrected chi connectivity index (χ1v) is 4.89. The predicted molar refractivity (Wildman–Crippen MR) is 53.7 cm³/mol. The Labute approximate surface area is 81.6 Å². The molecule has 0 N–H and O–H groups in total. The van der Waals surface area contributed by atoms with E-state index >= 15 is 0 Å². The third kappa shape index (κ3) is 1.10. The van der Waals surface area contributed by atoms with Gasteiger partial charge in [0.15, 0.2) is 0 Å². The van der Waals surface area contributed by atoms with Gasteiger partial charge in [0, 0.05) is 17.1 Å². The second-order valence-corrected chi connectivity index (χ2v) is 3.81. The minimum atomic E-state index is -0.0984. The summed E-state index contributed by atoms with van der Waals surface area (Å²) in [5, 5.41) is 1.04. The van der Waals surface area contributed by atoms with Gasteiger partial charge in [0.25, 0.3) is 0 Å². The van der Waals surface area contributed by atoms with Crippen molar-refractivity contribution in [2.75, 3.05) is 0 Å². The summed E-state index contributed by atoms with van der Waals surface area (Å²) in [5.74, 6) is 0.312. The standard InChI is InChI=1S/C12H10FN/c13-10-6-5-9-2-1-7-14-12(9)11(10)8-3-4-8/h1-2,5-8H,3-4H2. The zero-order chi connectivity index (χ0) is 9.54. The topological polar surface area (TPSA) is 12.9 Å². The van der Waals surface area contributed by atoms with E-state index in [1.807, 2.05) is 12.1 Å². The Bertz CT molecular complexity index is 489. The molecule has 0 bridgehead atoms. The first-order valence-electron chi connectivity index (χ1n) is 4.89. The summed E-state index contributed by atoms with van der Waals surface area (Å²) >= 11 is 0. The maximum Gasteiger partial charge on any atom is 0.128 e. The molecule has 1 aromatic carbocycles. The number of hydrogen-bond donors (Lipinski definition) is 0. The van der Waals surface area contributed by atoms with Crippen LogP contribution in [0, 0.1) is 5.82 Å². The summed E-state index contributed by atoms with van der Waals surface area (Å²) < 4.78 is 13.6. The number of pyridine rings is 1. The quantitative estimate of drug-likeness (QED) is 0.667. The molecule has 0 spiro atoms. The molecular weight excluding hydrogens is 177 g/mol. The third-order valence-electron chi connectivity index (χ3n) is 2.75. The van der Waals surface area contributed by atoms with Crippen LogP contribution in [0.3, 0.4) is 0 Å². The number of aromatic nitrogens is 1. The van der Waals surface area contributed by atoms with Crippen molar-refractivity contribution in [2.24, 2.45) is 0 Å². The molecule has 2 heteroatoms. The highest BCUT2D eigenvalue weighted by molar-refractivity contribution is 5.82. The normalized spacial score (nSPS) is 16.1. The van der Waals surface area contributed by atoms with Crippen LogP contribution in [-0.2, 0) is 0 Å². The summed E-state index contributed by atoms with van der Waals surface area (Å²) in [6, 6.07) is 7.21. The number of hydrogen-bond acceptors (Lipinski definition) is 1. The Kier molecular flexibility index (Phi) is 1.57. The van der Waals surface area contributed by atoms with E-state index in [4.69, 9.17) is 0 Å². The van der Waals surface area contributed by atoms with Crippen LogP contribution in [0.15, 0.2) is 30.5 Å². The smallest absolute Gasteiger partial charge is 0.128 e. The molecule has 1 aromatic heterocycles. The second kappa shape index (κ2) is 2.77. The number of halogens is 1. The lowest BCUT2D eigenvalue weighted by atomic mass is 10.1. The van der Waals surface area contributed by atoms with E-state index in [-0.39, 0.29) is 5.82 Å². The molecule has 0 saturated heterocycles. The Hall–Kier alpha value is -1.44. The molecule has 0 atom stereocenters. The Balaban J connectivity index is 2.37. The van der Waals surface area contributed by atoms with Gasteiger partial charge < -0.3 is 0 Å². The molecule has 0 amide bonds. The Morgan fingerprint density at radius 1 is 1.21 bits per heavy atom. The third-order valence-corrected chi connectivity index (χ3v) is 2.75. The summed E-state index contributed by atoms with van der Waals surface area (Å²) in [5.41, 5.74) is 1.66. The van der Waals surface area contributed by atoms with Crippen LogP contribution < -0.4 is 0 Å². The summed E-state index contributed by atoms with van der Waals surface area (Å²) in [7, 11) is 0. The lowest BCUT2D eigenvalue weighted by molar-refractivity contribution is 0.613. The first kappa shape index (κ1) is 7.92. The van der Waals surface area contributed by atoms with E-state index in [9.17, 15) is 4.39 Å². The predicted octanol–water partition coefficient (Wildman–Crippen LogP) is 3.25. The molecule has 1 aliphatic carbocycles. The molecule has 0 radical (unpaired) electrons. The molecule has 3 rings (SSSR count).